The Kier molecular flexibility index (Phi) is 6.01. The van der Waals surface area contributed by atoms with Crippen molar-refractivity contribution in [1.29, 1.82) is 0 Å². The Labute approximate surface area is 129 Å². The Bertz CT molecular complexity index is 505. The molecule has 110 valence electrons. The monoisotopic (exact) mass is 309 g/mol. The van der Waals surface area contributed by atoms with Crippen molar-refractivity contribution in [2.24, 2.45) is 0 Å². The lowest BCUT2D eigenvalue weighted by Crippen LogP contribution is -2.15. The summed E-state index contributed by atoms with van der Waals surface area (Å²) >= 11 is 3.58. The number of nitrogens with one attached hydrogen (secondary N) is 1. The maximum absolute atomic E-state index is 4.84. The van der Waals surface area contributed by atoms with E-state index in [0.29, 0.717) is 0 Å². The Hall–Kier alpha value is -0.910. The molecule has 0 radical (unpaired) electrons. The van der Waals surface area contributed by atoms with E-state index in [-0.39, 0.29) is 0 Å². The summed E-state index contributed by atoms with van der Waals surface area (Å²) in [6, 6.07) is 2.18. The number of aryl methyl sites for hydroxylation is 1. The second-order valence-corrected chi connectivity index (χ2v) is 6.73. The number of thiophene rings is 1. The predicted octanol–water partition coefficient (Wildman–Crippen LogP) is 3.90. The molecule has 3 nitrogen and oxygen atoms in total. The van der Waals surface area contributed by atoms with E-state index >= 15 is 0 Å². The minimum absolute atomic E-state index is 0.934. The summed E-state index contributed by atoms with van der Waals surface area (Å²) in [5.41, 5.74) is 2.63. The first-order chi connectivity index (χ1) is 9.74. The van der Waals surface area contributed by atoms with E-state index in [9.17, 15) is 0 Å². The van der Waals surface area contributed by atoms with E-state index < -0.39 is 0 Å². The Morgan fingerprint density at radius 2 is 2.20 bits per heavy atom. The molecule has 2 aromatic heterocycles. The quantitative estimate of drug-likeness (QED) is 0.801. The molecule has 0 fully saturated rings. The number of rotatable bonds is 8. The number of nitrogens with zero attached hydrogens (tertiary/aromatic N) is 2. The largest absolute Gasteiger partial charge is 0.347 e. The van der Waals surface area contributed by atoms with Crippen LogP contribution in [0.1, 0.15) is 36.4 Å². The molecule has 5 heteroatoms. The average molecular weight is 310 g/mol. The van der Waals surface area contributed by atoms with Crippen molar-refractivity contribution in [2.45, 2.75) is 39.8 Å². The standard InChI is InChI=1S/C15H23N3S2/c1-4-6-13-14(9-16-5-2)20-15(17-13)18(3)10-12-7-8-19-11-12/h7-8,11,16H,4-6,9-10H2,1-3H3. The van der Waals surface area contributed by atoms with Gasteiger partial charge in [-0.2, -0.15) is 11.3 Å². The first kappa shape index (κ1) is 15.5. The predicted molar refractivity (Wildman–Crippen MR) is 89.9 cm³/mol. The molecule has 20 heavy (non-hydrogen) atoms. The molecule has 2 heterocycles. The van der Waals surface area contributed by atoms with E-state index in [1.165, 1.54) is 16.1 Å². The number of aromatic nitrogens is 1. The number of hydrogen-bond donors (Lipinski definition) is 1. The van der Waals surface area contributed by atoms with Gasteiger partial charge >= 0.3 is 0 Å². The highest BCUT2D eigenvalue weighted by Gasteiger charge is 2.13. The van der Waals surface area contributed by atoms with Crippen molar-refractivity contribution in [1.82, 2.24) is 10.3 Å². The summed E-state index contributed by atoms with van der Waals surface area (Å²) in [5.74, 6) is 0. The van der Waals surface area contributed by atoms with Crippen LogP contribution in [0.5, 0.6) is 0 Å². The minimum Gasteiger partial charge on any atom is -0.347 e. The average Bonchev–Trinajstić information content (AvgIpc) is 3.07. The van der Waals surface area contributed by atoms with Gasteiger partial charge in [-0.15, -0.1) is 11.3 Å². The summed E-state index contributed by atoms with van der Waals surface area (Å²) < 4.78 is 0. The summed E-state index contributed by atoms with van der Waals surface area (Å²) in [6.45, 7) is 7.23. The number of anilines is 1. The normalized spacial score (nSPS) is 10.9. The molecule has 0 aliphatic carbocycles. The lowest BCUT2D eigenvalue weighted by Gasteiger charge is -2.14. The molecule has 0 aliphatic heterocycles. The molecule has 0 spiro atoms. The van der Waals surface area contributed by atoms with Gasteiger partial charge in [-0.25, -0.2) is 4.98 Å². The van der Waals surface area contributed by atoms with Gasteiger partial charge in [0, 0.05) is 25.0 Å². The second kappa shape index (κ2) is 7.76. The van der Waals surface area contributed by atoms with Gasteiger partial charge in [0.2, 0.25) is 0 Å². The van der Waals surface area contributed by atoms with E-state index in [1.54, 1.807) is 11.3 Å². The third kappa shape index (κ3) is 4.04. The first-order valence-corrected chi connectivity index (χ1v) is 8.92. The lowest BCUT2D eigenvalue weighted by atomic mass is 10.2. The van der Waals surface area contributed by atoms with Gasteiger partial charge in [-0.1, -0.05) is 20.3 Å². The van der Waals surface area contributed by atoms with E-state index in [1.807, 2.05) is 11.3 Å². The zero-order valence-electron chi connectivity index (χ0n) is 12.5. The van der Waals surface area contributed by atoms with Crippen molar-refractivity contribution in [3.63, 3.8) is 0 Å². The molecule has 0 aliphatic rings. The fourth-order valence-corrected chi connectivity index (χ4v) is 3.76. The molecule has 0 saturated carbocycles. The topological polar surface area (TPSA) is 28.2 Å². The third-order valence-corrected chi connectivity index (χ3v) is 5.06. The molecule has 0 amide bonds. The Balaban J connectivity index is 2.09. The van der Waals surface area contributed by atoms with Gasteiger partial charge in [-0.05, 0) is 35.4 Å². The second-order valence-electron chi connectivity index (χ2n) is 4.88. The van der Waals surface area contributed by atoms with Gasteiger partial charge in [0.25, 0.3) is 0 Å². The van der Waals surface area contributed by atoms with Gasteiger partial charge in [0.1, 0.15) is 0 Å². The number of thiazole rings is 1. The zero-order chi connectivity index (χ0) is 14.4. The molecule has 2 rings (SSSR count). The summed E-state index contributed by atoms with van der Waals surface area (Å²) in [4.78, 5) is 8.48. The van der Waals surface area contributed by atoms with Crippen LogP contribution in [0, 0.1) is 0 Å². The Morgan fingerprint density at radius 1 is 1.35 bits per heavy atom. The highest BCUT2D eigenvalue weighted by molar-refractivity contribution is 7.15. The van der Waals surface area contributed by atoms with Crippen molar-refractivity contribution in [3.05, 3.63) is 33.0 Å². The van der Waals surface area contributed by atoms with Crippen molar-refractivity contribution in [3.8, 4) is 0 Å². The number of hydrogen-bond acceptors (Lipinski definition) is 5. The van der Waals surface area contributed by atoms with E-state index in [4.69, 9.17) is 4.98 Å². The van der Waals surface area contributed by atoms with E-state index in [0.717, 1.165) is 37.6 Å². The Morgan fingerprint density at radius 3 is 2.85 bits per heavy atom. The molecule has 0 saturated heterocycles. The summed E-state index contributed by atoms with van der Waals surface area (Å²) in [6.07, 6.45) is 2.22. The van der Waals surface area contributed by atoms with Crippen LogP contribution >= 0.6 is 22.7 Å². The van der Waals surface area contributed by atoms with Crippen LogP contribution in [0.4, 0.5) is 5.13 Å². The molecule has 0 unspecified atom stereocenters. The molecule has 0 atom stereocenters. The first-order valence-electron chi connectivity index (χ1n) is 7.16. The molecule has 1 N–H and O–H groups in total. The summed E-state index contributed by atoms with van der Waals surface area (Å²) in [5, 5.41) is 8.88. The zero-order valence-corrected chi connectivity index (χ0v) is 14.1. The highest BCUT2D eigenvalue weighted by atomic mass is 32.1. The van der Waals surface area contributed by atoms with Gasteiger partial charge < -0.3 is 10.2 Å². The SMILES string of the molecule is CCCc1nc(N(C)Cc2ccsc2)sc1CNCC. The van der Waals surface area contributed by atoms with Gasteiger partial charge in [-0.3, -0.25) is 0 Å². The summed E-state index contributed by atoms with van der Waals surface area (Å²) in [7, 11) is 2.13. The van der Waals surface area contributed by atoms with Crippen LogP contribution in [0.2, 0.25) is 0 Å². The fourth-order valence-electron chi connectivity index (χ4n) is 2.07. The van der Waals surface area contributed by atoms with E-state index in [2.05, 4.69) is 47.9 Å². The third-order valence-electron chi connectivity index (χ3n) is 3.12. The lowest BCUT2D eigenvalue weighted by molar-refractivity contribution is 0.723. The van der Waals surface area contributed by atoms with Crippen molar-refractivity contribution < 1.29 is 0 Å². The maximum Gasteiger partial charge on any atom is 0.185 e. The van der Waals surface area contributed by atoms with Crippen LogP contribution < -0.4 is 10.2 Å². The molecular weight excluding hydrogens is 286 g/mol. The highest BCUT2D eigenvalue weighted by Crippen LogP contribution is 2.27. The van der Waals surface area contributed by atoms with Gasteiger partial charge in [0.05, 0.1) is 5.69 Å². The maximum atomic E-state index is 4.84. The van der Waals surface area contributed by atoms with Gasteiger partial charge in [0.15, 0.2) is 5.13 Å². The van der Waals surface area contributed by atoms with Crippen molar-refractivity contribution in [2.75, 3.05) is 18.5 Å². The molecule has 0 bridgehead atoms. The fraction of sp³-hybridized carbons (Fsp3) is 0.533. The van der Waals surface area contributed by atoms with Crippen molar-refractivity contribution >= 4 is 27.8 Å². The van der Waals surface area contributed by atoms with Crippen LogP contribution in [-0.4, -0.2) is 18.6 Å². The van der Waals surface area contributed by atoms with Crippen LogP contribution in [0.25, 0.3) is 0 Å². The van der Waals surface area contributed by atoms with Crippen LogP contribution in [0.3, 0.4) is 0 Å². The minimum atomic E-state index is 0.934. The molecule has 2 aromatic rings. The van der Waals surface area contributed by atoms with Crippen LogP contribution in [0.15, 0.2) is 16.8 Å². The smallest absolute Gasteiger partial charge is 0.185 e. The molecular formula is C15H23N3S2. The van der Waals surface area contributed by atoms with Crippen LogP contribution in [-0.2, 0) is 19.5 Å². The molecule has 0 aromatic carbocycles.